The first kappa shape index (κ1) is 14.2. The number of hydrogen-bond donors (Lipinski definition) is 3. The third kappa shape index (κ3) is 6.63. The molecule has 0 rings (SSSR count). The van der Waals surface area contributed by atoms with Crippen molar-refractivity contribution in [1.82, 2.24) is 10.6 Å². The van der Waals surface area contributed by atoms with Gasteiger partial charge in [0, 0.05) is 6.04 Å². The van der Waals surface area contributed by atoms with Gasteiger partial charge in [0.15, 0.2) is 0 Å². The van der Waals surface area contributed by atoms with Gasteiger partial charge in [0.1, 0.15) is 6.54 Å². The topological polar surface area (TPSA) is 105 Å². The van der Waals surface area contributed by atoms with E-state index in [0.29, 0.717) is 6.42 Å². The minimum absolute atomic E-state index is 0.151. The maximum atomic E-state index is 11.2. The van der Waals surface area contributed by atoms with E-state index in [0.717, 1.165) is 0 Å². The minimum atomic E-state index is -0.986. The first-order valence-electron chi connectivity index (χ1n) is 4.82. The molecule has 0 aromatic heterocycles. The second-order valence-corrected chi connectivity index (χ2v) is 3.11. The molecule has 92 valence electrons. The number of methoxy groups -OCH3 is 1. The number of esters is 1. The lowest BCUT2D eigenvalue weighted by atomic mass is 10.1. The molecule has 0 aliphatic heterocycles. The minimum Gasteiger partial charge on any atom is -0.481 e. The zero-order valence-electron chi connectivity index (χ0n) is 9.28. The second-order valence-electron chi connectivity index (χ2n) is 3.11. The molecule has 0 saturated heterocycles. The van der Waals surface area contributed by atoms with Crippen LogP contribution in [-0.4, -0.2) is 42.8 Å². The summed E-state index contributed by atoms with van der Waals surface area (Å²) in [5.74, 6) is -1.55. The van der Waals surface area contributed by atoms with Crippen molar-refractivity contribution in [3.05, 3.63) is 0 Å². The molecule has 16 heavy (non-hydrogen) atoms. The Balaban J connectivity index is 3.91. The van der Waals surface area contributed by atoms with E-state index >= 15 is 0 Å². The normalized spacial score (nSPS) is 11.4. The average Bonchev–Trinajstić information content (AvgIpc) is 2.24. The van der Waals surface area contributed by atoms with Gasteiger partial charge in [-0.05, 0) is 6.42 Å². The molecular formula is C9H16N2O5. The predicted octanol–water partition coefficient (Wildman–Crippen LogP) is -0.288. The van der Waals surface area contributed by atoms with Crippen LogP contribution in [0.15, 0.2) is 0 Å². The van der Waals surface area contributed by atoms with Crippen LogP contribution in [-0.2, 0) is 14.3 Å². The molecule has 0 aromatic carbocycles. The van der Waals surface area contributed by atoms with Crippen molar-refractivity contribution in [1.29, 1.82) is 0 Å². The number of urea groups is 1. The molecule has 0 heterocycles. The first-order valence-corrected chi connectivity index (χ1v) is 4.82. The Bertz CT molecular complexity index is 267. The highest BCUT2D eigenvalue weighted by Gasteiger charge is 2.14. The van der Waals surface area contributed by atoms with E-state index in [2.05, 4.69) is 15.4 Å². The van der Waals surface area contributed by atoms with Crippen molar-refractivity contribution in [3.63, 3.8) is 0 Å². The summed E-state index contributed by atoms with van der Waals surface area (Å²) in [6, 6.07) is -1.03. The third-order valence-electron chi connectivity index (χ3n) is 1.87. The Morgan fingerprint density at radius 3 is 2.44 bits per heavy atom. The number of carboxylic acid groups (broad SMARTS) is 1. The van der Waals surface area contributed by atoms with Crippen molar-refractivity contribution in [2.24, 2.45) is 0 Å². The fraction of sp³-hybridized carbons (Fsp3) is 0.667. The number of carbonyl (C=O) groups is 3. The number of rotatable bonds is 6. The molecule has 0 spiro atoms. The summed E-state index contributed by atoms with van der Waals surface area (Å²) in [6.07, 6.45) is 0.347. The Morgan fingerprint density at radius 2 is 2.00 bits per heavy atom. The maximum Gasteiger partial charge on any atom is 0.325 e. The Hall–Kier alpha value is -1.79. The Morgan fingerprint density at radius 1 is 1.38 bits per heavy atom. The summed E-state index contributed by atoms with van der Waals surface area (Å²) in [4.78, 5) is 32.3. The molecule has 0 saturated carbocycles. The number of carboxylic acids is 1. The smallest absolute Gasteiger partial charge is 0.325 e. The van der Waals surface area contributed by atoms with Crippen molar-refractivity contribution >= 4 is 18.0 Å². The molecule has 0 aliphatic carbocycles. The molecule has 0 aliphatic rings. The summed E-state index contributed by atoms with van der Waals surface area (Å²) in [5, 5.41) is 13.2. The van der Waals surface area contributed by atoms with Crippen LogP contribution in [0.3, 0.4) is 0 Å². The average molecular weight is 232 g/mol. The lowest BCUT2D eigenvalue weighted by molar-refractivity contribution is -0.139. The van der Waals surface area contributed by atoms with E-state index in [9.17, 15) is 14.4 Å². The molecule has 0 bridgehead atoms. The number of ether oxygens (including phenoxy) is 1. The van der Waals surface area contributed by atoms with Crippen LogP contribution in [0, 0.1) is 0 Å². The number of carbonyl (C=O) groups excluding carboxylic acids is 2. The lowest BCUT2D eigenvalue weighted by Crippen LogP contribution is -2.44. The zero-order chi connectivity index (χ0) is 12.6. The van der Waals surface area contributed by atoms with E-state index in [4.69, 9.17) is 5.11 Å². The van der Waals surface area contributed by atoms with E-state index in [1.807, 2.05) is 0 Å². The number of aliphatic carboxylic acids is 1. The van der Waals surface area contributed by atoms with Gasteiger partial charge in [-0.1, -0.05) is 6.92 Å². The lowest BCUT2D eigenvalue weighted by Gasteiger charge is -2.14. The fourth-order valence-corrected chi connectivity index (χ4v) is 0.969. The predicted molar refractivity (Wildman–Crippen MR) is 54.9 cm³/mol. The largest absolute Gasteiger partial charge is 0.481 e. The zero-order valence-corrected chi connectivity index (χ0v) is 9.28. The summed E-state index contributed by atoms with van der Waals surface area (Å²) in [5.41, 5.74) is 0. The van der Waals surface area contributed by atoms with Gasteiger partial charge in [-0.15, -0.1) is 0 Å². The molecule has 7 nitrogen and oxygen atoms in total. The number of hydrogen-bond acceptors (Lipinski definition) is 4. The van der Waals surface area contributed by atoms with Crippen LogP contribution in [0.25, 0.3) is 0 Å². The second kappa shape index (κ2) is 7.49. The van der Waals surface area contributed by atoms with E-state index in [1.54, 1.807) is 6.92 Å². The van der Waals surface area contributed by atoms with Crippen molar-refractivity contribution in [3.8, 4) is 0 Å². The van der Waals surface area contributed by atoms with Crippen molar-refractivity contribution < 1.29 is 24.2 Å². The van der Waals surface area contributed by atoms with Gasteiger partial charge in [0.05, 0.1) is 13.5 Å². The summed E-state index contributed by atoms with van der Waals surface area (Å²) >= 11 is 0. The van der Waals surface area contributed by atoms with E-state index in [-0.39, 0.29) is 13.0 Å². The number of nitrogens with one attached hydrogen (secondary N) is 2. The molecule has 3 N–H and O–H groups in total. The Kier molecular flexibility index (Phi) is 6.66. The van der Waals surface area contributed by atoms with Gasteiger partial charge in [-0.25, -0.2) is 4.79 Å². The summed E-state index contributed by atoms with van der Waals surface area (Å²) in [6.45, 7) is 1.51. The van der Waals surface area contributed by atoms with E-state index < -0.39 is 24.0 Å². The van der Waals surface area contributed by atoms with Crippen molar-refractivity contribution in [2.45, 2.75) is 25.8 Å². The van der Waals surface area contributed by atoms with Gasteiger partial charge in [0.2, 0.25) is 0 Å². The van der Waals surface area contributed by atoms with Gasteiger partial charge in [0.25, 0.3) is 0 Å². The van der Waals surface area contributed by atoms with Gasteiger partial charge in [-0.3, -0.25) is 9.59 Å². The van der Waals surface area contributed by atoms with Gasteiger partial charge >= 0.3 is 18.0 Å². The highest BCUT2D eigenvalue weighted by Crippen LogP contribution is 1.96. The SMILES string of the molecule is CCC(CC(=O)O)NC(=O)NCC(=O)OC. The first-order chi connectivity index (χ1) is 7.49. The van der Waals surface area contributed by atoms with Crippen molar-refractivity contribution in [2.75, 3.05) is 13.7 Å². The quantitative estimate of drug-likeness (QED) is 0.546. The molecule has 0 fully saturated rings. The van der Waals surface area contributed by atoms with Crippen LogP contribution in [0.2, 0.25) is 0 Å². The molecule has 7 heteroatoms. The molecule has 1 unspecified atom stereocenters. The highest BCUT2D eigenvalue weighted by atomic mass is 16.5. The van der Waals surface area contributed by atoms with Gasteiger partial charge < -0.3 is 20.5 Å². The van der Waals surface area contributed by atoms with Crippen LogP contribution >= 0.6 is 0 Å². The Labute approximate surface area is 93.2 Å². The number of amides is 2. The monoisotopic (exact) mass is 232 g/mol. The summed E-state index contributed by atoms with van der Waals surface area (Å²) < 4.78 is 4.32. The third-order valence-corrected chi connectivity index (χ3v) is 1.87. The molecule has 0 radical (unpaired) electrons. The fourth-order valence-electron chi connectivity index (χ4n) is 0.969. The van der Waals surface area contributed by atoms with Gasteiger partial charge in [-0.2, -0.15) is 0 Å². The van der Waals surface area contributed by atoms with Crippen LogP contribution < -0.4 is 10.6 Å². The molecular weight excluding hydrogens is 216 g/mol. The van der Waals surface area contributed by atoms with Crippen LogP contribution in [0.5, 0.6) is 0 Å². The molecule has 1 atom stereocenters. The van der Waals surface area contributed by atoms with Crippen LogP contribution in [0.1, 0.15) is 19.8 Å². The highest BCUT2D eigenvalue weighted by molar-refractivity contribution is 5.81. The summed E-state index contributed by atoms with van der Waals surface area (Å²) in [7, 11) is 1.21. The van der Waals surface area contributed by atoms with Crippen LogP contribution in [0.4, 0.5) is 4.79 Å². The maximum absolute atomic E-state index is 11.2. The van der Waals surface area contributed by atoms with E-state index in [1.165, 1.54) is 7.11 Å². The molecule has 0 aromatic rings. The standard InChI is InChI=1S/C9H16N2O5/c1-3-6(4-7(12)13)11-9(15)10-5-8(14)16-2/h6H,3-5H2,1-2H3,(H,12,13)(H2,10,11,15). The molecule has 2 amide bonds.